The van der Waals surface area contributed by atoms with Gasteiger partial charge in [-0.05, 0) is 58.7 Å². The van der Waals surface area contributed by atoms with E-state index in [0.29, 0.717) is 110 Å². The zero-order valence-corrected chi connectivity index (χ0v) is 32.5. The van der Waals surface area contributed by atoms with Crippen molar-refractivity contribution in [3.63, 3.8) is 0 Å². The molecule has 0 radical (unpaired) electrons. The lowest BCUT2D eigenvalue weighted by Crippen LogP contribution is -2.51. The molecule has 0 aliphatic rings. The Morgan fingerprint density at radius 3 is 1.80 bits per heavy atom. The Hall–Kier alpha value is -3.86. The molecule has 0 aliphatic heterocycles. The normalized spacial score (nSPS) is 13.0. The highest BCUT2D eigenvalue weighted by atomic mass is 19.4. The minimum absolute atomic E-state index is 0.102. The highest BCUT2D eigenvalue weighted by molar-refractivity contribution is 5.85. The maximum atomic E-state index is 13.5. The van der Waals surface area contributed by atoms with Crippen molar-refractivity contribution in [2.75, 3.05) is 85.9 Å². The maximum absolute atomic E-state index is 13.5. The molecule has 1 N–H and O–H groups in total. The molecule has 3 rings (SSSR count). The van der Waals surface area contributed by atoms with Gasteiger partial charge in [-0.3, -0.25) is 9.78 Å². The van der Waals surface area contributed by atoms with Gasteiger partial charge in [0.25, 0.3) is 5.91 Å². The van der Waals surface area contributed by atoms with E-state index in [1.807, 2.05) is 51.1 Å². The molecule has 15 heteroatoms. The topological polar surface area (TPSA) is 129 Å². The monoisotopic (exact) mass is 779 g/mol. The summed E-state index contributed by atoms with van der Waals surface area (Å²) in [7, 11) is 0. The first kappa shape index (κ1) is 45.5. The molecular formula is C40H56F3N3O9. The predicted molar refractivity (Wildman–Crippen MR) is 199 cm³/mol. The molecule has 2 heterocycles. The fraction of sp³-hybridized carbons (Fsp3) is 0.575. The molecule has 3 aromatic rings. The van der Waals surface area contributed by atoms with Gasteiger partial charge in [0.05, 0.1) is 78.2 Å². The number of ether oxygens (including phenoxy) is 8. The molecule has 0 fully saturated rings. The molecule has 55 heavy (non-hydrogen) atoms. The fourth-order valence-electron chi connectivity index (χ4n) is 5.10. The van der Waals surface area contributed by atoms with E-state index in [2.05, 4.69) is 15.3 Å². The summed E-state index contributed by atoms with van der Waals surface area (Å²) in [5.74, 6) is -0.233. The molecular weight excluding hydrogens is 723 g/mol. The molecule has 12 nitrogen and oxygen atoms in total. The zero-order chi connectivity index (χ0) is 39.9. The smallest absolute Gasteiger partial charge is 0.417 e. The van der Waals surface area contributed by atoms with Gasteiger partial charge in [0.15, 0.2) is 5.60 Å². The Kier molecular flexibility index (Phi) is 20.4. The molecule has 2 atom stereocenters. The molecule has 0 spiro atoms. The number of aromatic nitrogens is 2. The van der Waals surface area contributed by atoms with E-state index in [1.165, 1.54) is 13.8 Å². The maximum Gasteiger partial charge on any atom is 0.417 e. The lowest BCUT2D eigenvalue weighted by Gasteiger charge is -2.30. The minimum atomic E-state index is -4.53. The molecule has 1 aromatic carbocycles. The predicted octanol–water partition coefficient (Wildman–Crippen LogP) is 5.99. The Labute approximate surface area is 322 Å². The molecule has 0 saturated heterocycles. The summed E-state index contributed by atoms with van der Waals surface area (Å²) < 4.78 is 83.4. The number of nitrogens with zero attached hydrogens (tertiary/aromatic N) is 2. The number of nitrogens with one attached hydrogen (secondary N) is 1. The molecule has 0 saturated carbocycles. The molecule has 0 aliphatic carbocycles. The Morgan fingerprint density at radius 2 is 1.29 bits per heavy atom. The number of halogens is 3. The molecule has 1 amide bonds. The van der Waals surface area contributed by atoms with E-state index < -0.39 is 29.3 Å². The van der Waals surface area contributed by atoms with Crippen molar-refractivity contribution in [3.8, 4) is 11.6 Å². The third kappa shape index (κ3) is 18.1. The van der Waals surface area contributed by atoms with Crippen LogP contribution in [0.2, 0.25) is 0 Å². The number of alkyl halides is 3. The summed E-state index contributed by atoms with van der Waals surface area (Å²) in [6.07, 6.45) is -1.64. The second-order valence-corrected chi connectivity index (χ2v) is 13.1. The summed E-state index contributed by atoms with van der Waals surface area (Å²) in [5.41, 5.74) is 0.532. The molecule has 2 unspecified atom stereocenters. The van der Waals surface area contributed by atoms with Crippen LogP contribution in [0.1, 0.15) is 56.0 Å². The number of benzene rings is 1. The number of rotatable bonds is 28. The number of amides is 1. The van der Waals surface area contributed by atoms with Crippen LogP contribution in [-0.2, 0) is 45.8 Å². The number of carbonyl (C=O) groups is 1. The fourth-order valence-corrected chi connectivity index (χ4v) is 5.10. The minimum Gasteiger partial charge on any atom is -0.491 e. The summed E-state index contributed by atoms with van der Waals surface area (Å²) in [5, 5.41) is 3.03. The molecule has 306 valence electrons. The third-order valence-electron chi connectivity index (χ3n) is 8.20. The summed E-state index contributed by atoms with van der Waals surface area (Å²) in [6, 6.07) is 13.3. The first-order valence-corrected chi connectivity index (χ1v) is 18.5. The van der Waals surface area contributed by atoms with Crippen LogP contribution in [-0.4, -0.2) is 113 Å². The van der Waals surface area contributed by atoms with Crippen LogP contribution < -0.4 is 14.8 Å². The van der Waals surface area contributed by atoms with Gasteiger partial charge in [-0.1, -0.05) is 29.8 Å². The van der Waals surface area contributed by atoms with Gasteiger partial charge in [0.1, 0.15) is 12.4 Å². The number of hydrogen-bond donors (Lipinski definition) is 1. The Morgan fingerprint density at radius 1 is 0.745 bits per heavy atom. The van der Waals surface area contributed by atoms with Crippen LogP contribution >= 0.6 is 0 Å². The standard InChI is InChI=1S/C40H56F3N3O9/c1-6-48-15-16-49-17-18-50-19-20-51-21-22-52-23-24-53-25-26-54-34-13-14-44-36(28-34)35(27-32-9-7-30(2)8-10-32)31(3)46-38(47)39(4,5)55-37-12-11-33(29-45-37)40(41,42)43/h7-14,28-29,31,35H,6,15-27H2,1-5H3,(H,46,47). The largest absolute Gasteiger partial charge is 0.491 e. The van der Waals surface area contributed by atoms with Crippen LogP contribution in [0, 0.1) is 6.92 Å². The summed E-state index contributed by atoms with van der Waals surface area (Å²) in [4.78, 5) is 21.9. The van der Waals surface area contributed by atoms with E-state index in [-0.39, 0.29) is 11.8 Å². The number of pyridine rings is 2. The van der Waals surface area contributed by atoms with Crippen molar-refractivity contribution < 1.29 is 55.9 Å². The SMILES string of the molecule is CCOCCOCCOCCOCCOCCOCCOc1ccnc(C(Cc2ccc(C)cc2)C(C)NC(=O)C(C)(C)Oc2ccc(C(F)(F)F)cn2)c1. The van der Waals surface area contributed by atoms with Crippen LogP contribution in [0.15, 0.2) is 60.9 Å². The number of carbonyl (C=O) groups excluding carboxylic acids is 1. The highest BCUT2D eigenvalue weighted by Crippen LogP contribution is 2.30. The lowest BCUT2D eigenvalue weighted by molar-refractivity contribution is -0.138. The van der Waals surface area contributed by atoms with Crippen LogP contribution in [0.4, 0.5) is 13.2 Å². The average molecular weight is 780 g/mol. The molecule has 0 bridgehead atoms. The zero-order valence-electron chi connectivity index (χ0n) is 32.5. The second kappa shape index (κ2) is 24.6. The van der Waals surface area contributed by atoms with Crippen molar-refractivity contribution in [2.45, 2.75) is 64.8 Å². The quantitative estimate of drug-likeness (QED) is 0.0874. The van der Waals surface area contributed by atoms with Gasteiger partial charge in [0, 0.05) is 48.8 Å². The van der Waals surface area contributed by atoms with Crippen molar-refractivity contribution in [2.24, 2.45) is 0 Å². The van der Waals surface area contributed by atoms with Crippen molar-refractivity contribution in [1.82, 2.24) is 15.3 Å². The van der Waals surface area contributed by atoms with Gasteiger partial charge >= 0.3 is 6.18 Å². The first-order valence-electron chi connectivity index (χ1n) is 18.5. The highest BCUT2D eigenvalue weighted by Gasteiger charge is 2.35. The van der Waals surface area contributed by atoms with Crippen LogP contribution in [0.25, 0.3) is 0 Å². The van der Waals surface area contributed by atoms with E-state index in [9.17, 15) is 18.0 Å². The van der Waals surface area contributed by atoms with Gasteiger partial charge in [-0.25, -0.2) is 4.98 Å². The second-order valence-electron chi connectivity index (χ2n) is 13.1. The lowest BCUT2D eigenvalue weighted by atomic mass is 9.88. The van der Waals surface area contributed by atoms with Crippen molar-refractivity contribution >= 4 is 5.91 Å². The summed E-state index contributed by atoms with van der Waals surface area (Å²) in [6.45, 7) is 15.1. The van der Waals surface area contributed by atoms with Gasteiger partial charge in [-0.2, -0.15) is 13.2 Å². The van der Waals surface area contributed by atoms with E-state index in [1.54, 1.807) is 12.3 Å². The van der Waals surface area contributed by atoms with E-state index >= 15 is 0 Å². The van der Waals surface area contributed by atoms with Crippen LogP contribution in [0.3, 0.4) is 0 Å². The first-order chi connectivity index (χ1) is 26.4. The van der Waals surface area contributed by atoms with E-state index in [4.69, 9.17) is 37.9 Å². The summed E-state index contributed by atoms with van der Waals surface area (Å²) >= 11 is 0. The van der Waals surface area contributed by atoms with Crippen LogP contribution in [0.5, 0.6) is 11.6 Å². The third-order valence-corrected chi connectivity index (χ3v) is 8.20. The average Bonchev–Trinajstić information content (AvgIpc) is 3.15. The van der Waals surface area contributed by atoms with Gasteiger partial charge in [-0.15, -0.1) is 0 Å². The Bertz CT molecular complexity index is 1500. The van der Waals surface area contributed by atoms with E-state index in [0.717, 1.165) is 23.3 Å². The van der Waals surface area contributed by atoms with Crippen molar-refractivity contribution in [3.05, 3.63) is 83.3 Å². The number of aryl methyl sites for hydroxylation is 1. The van der Waals surface area contributed by atoms with Gasteiger partial charge in [0.2, 0.25) is 5.88 Å². The van der Waals surface area contributed by atoms with Crippen molar-refractivity contribution in [1.29, 1.82) is 0 Å². The number of hydrogen-bond acceptors (Lipinski definition) is 11. The molecule has 2 aromatic heterocycles. The Balaban J connectivity index is 1.42. The van der Waals surface area contributed by atoms with Gasteiger partial charge < -0.3 is 43.2 Å².